The van der Waals surface area contributed by atoms with E-state index in [9.17, 15) is 4.79 Å². The third kappa shape index (κ3) is 5.58. The molecule has 0 aromatic heterocycles. The maximum absolute atomic E-state index is 12.3. The molecule has 1 N–H and O–H groups in total. The van der Waals surface area contributed by atoms with Gasteiger partial charge < -0.3 is 14.8 Å². The van der Waals surface area contributed by atoms with Crippen LogP contribution < -0.4 is 10.1 Å². The summed E-state index contributed by atoms with van der Waals surface area (Å²) < 4.78 is 11.0. The number of nitrogens with zero attached hydrogens (tertiary/aromatic N) is 1. The number of carbonyl (C=O) groups excluding carboxylic acids is 1. The van der Waals surface area contributed by atoms with Crippen LogP contribution in [0.5, 0.6) is 5.75 Å². The van der Waals surface area contributed by atoms with E-state index < -0.39 is 6.10 Å². The van der Waals surface area contributed by atoms with Gasteiger partial charge in [0.1, 0.15) is 5.75 Å². The Hall–Kier alpha value is -2.37. The van der Waals surface area contributed by atoms with E-state index in [1.807, 2.05) is 42.5 Å². The van der Waals surface area contributed by atoms with Gasteiger partial charge in [-0.15, -0.1) is 0 Å². The lowest BCUT2D eigenvalue weighted by atomic mass is 10.1. The highest BCUT2D eigenvalue weighted by Gasteiger charge is 2.14. The summed E-state index contributed by atoms with van der Waals surface area (Å²) >= 11 is 0. The van der Waals surface area contributed by atoms with Crippen molar-refractivity contribution in [2.45, 2.75) is 26.1 Å². The molecule has 5 heteroatoms. The first-order valence-corrected chi connectivity index (χ1v) is 9.08. The monoisotopic (exact) mass is 354 g/mol. The summed E-state index contributed by atoms with van der Waals surface area (Å²) in [6, 6.07) is 17.7. The average Bonchev–Trinajstić information content (AvgIpc) is 2.68. The van der Waals surface area contributed by atoms with Crippen LogP contribution in [-0.4, -0.2) is 43.2 Å². The molecule has 1 amide bonds. The largest absolute Gasteiger partial charge is 0.481 e. The van der Waals surface area contributed by atoms with Gasteiger partial charge >= 0.3 is 0 Å². The summed E-state index contributed by atoms with van der Waals surface area (Å²) in [7, 11) is 0. The number of hydrogen-bond donors (Lipinski definition) is 1. The lowest BCUT2D eigenvalue weighted by Crippen LogP contribution is -2.36. The highest BCUT2D eigenvalue weighted by molar-refractivity contribution is 5.80. The number of para-hydroxylation sites is 1. The fourth-order valence-electron chi connectivity index (χ4n) is 2.95. The van der Waals surface area contributed by atoms with Crippen molar-refractivity contribution in [2.24, 2.45) is 0 Å². The van der Waals surface area contributed by atoms with E-state index in [4.69, 9.17) is 9.47 Å². The van der Waals surface area contributed by atoms with E-state index in [1.165, 1.54) is 5.56 Å². The smallest absolute Gasteiger partial charge is 0.261 e. The molecule has 1 atom stereocenters. The molecule has 2 aromatic rings. The molecule has 0 bridgehead atoms. The van der Waals surface area contributed by atoms with Gasteiger partial charge in [-0.25, -0.2) is 0 Å². The van der Waals surface area contributed by atoms with Crippen molar-refractivity contribution in [1.29, 1.82) is 0 Å². The maximum Gasteiger partial charge on any atom is 0.261 e. The molecule has 1 saturated heterocycles. The maximum atomic E-state index is 12.3. The minimum Gasteiger partial charge on any atom is -0.481 e. The van der Waals surface area contributed by atoms with E-state index in [0.29, 0.717) is 12.3 Å². The molecule has 0 spiro atoms. The lowest BCUT2D eigenvalue weighted by molar-refractivity contribution is -0.127. The molecule has 1 unspecified atom stereocenters. The number of hydrogen-bond acceptors (Lipinski definition) is 4. The predicted octanol–water partition coefficient (Wildman–Crippen LogP) is 2.60. The SMILES string of the molecule is CC(Oc1ccccc1)C(=O)NCc1cccc(CN2CCOCC2)c1. The van der Waals surface area contributed by atoms with E-state index in [2.05, 4.69) is 22.3 Å². The summed E-state index contributed by atoms with van der Waals surface area (Å²) in [4.78, 5) is 14.7. The molecule has 26 heavy (non-hydrogen) atoms. The van der Waals surface area contributed by atoms with Gasteiger partial charge in [0.25, 0.3) is 5.91 Å². The van der Waals surface area contributed by atoms with E-state index in [-0.39, 0.29) is 5.91 Å². The van der Waals surface area contributed by atoms with Gasteiger partial charge in [-0.05, 0) is 30.2 Å². The van der Waals surface area contributed by atoms with Crippen molar-refractivity contribution < 1.29 is 14.3 Å². The predicted molar refractivity (Wildman–Crippen MR) is 101 cm³/mol. The Labute approximate surface area is 154 Å². The molecule has 1 aliphatic rings. The van der Waals surface area contributed by atoms with Crippen LogP contribution in [0, 0.1) is 0 Å². The summed E-state index contributed by atoms with van der Waals surface area (Å²) in [6.07, 6.45) is -0.533. The van der Waals surface area contributed by atoms with Crippen LogP contribution in [0.1, 0.15) is 18.1 Å². The number of ether oxygens (including phenoxy) is 2. The molecule has 0 saturated carbocycles. The molecule has 1 fully saturated rings. The highest BCUT2D eigenvalue weighted by atomic mass is 16.5. The highest BCUT2D eigenvalue weighted by Crippen LogP contribution is 2.12. The second-order valence-corrected chi connectivity index (χ2v) is 6.50. The Balaban J connectivity index is 1.49. The molecule has 2 aromatic carbocycles. The second-order valence-electron chi connectivity index (χ2n) is 6.50. The fourth-order valence-corrected chi connectivity index (χ4v) is 2.95. The van der Waals surface area contributed by atoms with E-state index >= 15 is 0 Å². The molecular weight excluding hydrogens is 328 g/mol. The number of carbonyl (C=O) groups is 1. The zero-order chi connectivity index (χ0) is 18.2. The zero-order valence-electron chi connectivity index (χ0n) is 15.2. The second kappa shape index (κ2) is 9.36. The first-order valence-electron chi connectivity index (χ1n) is 9.08. The molecular formula is C21H26N2O3. The summed E-state index contributed by atoms with van der Waals surface area (Å²) in [5.74, 6) is 0.579. The van der Waals surface area contributed by atoms with Gasteiger partial charge in [0, 0.05) is 26.2 Å². The molecule has 0 radical (unpaired) electrons. The van der Waals surface area contributed by atoms with Crippen molar-refractivity contribution in [3.63, 3.8) is 0 Å². The van der Waals surface area contributed by atoms with Crippen LogP contribution in [0.15, 0.2) is 54.6 Å². The first-order chi connectivity index (χ1) is 12.7. The van der Waals surface area contributed by atoms with Crippen molar-refractivity contribution in [1.82, 2.24) is 10.2 Å². The van der Waals surface area contributed by atoms with Crippen molar-refractivity contribution in [3.05, 3.63) is 65.7 Å². The third-order valence-corrected chi connectivity index (χ3v) is 4.39. The van der Waals surface area contributed by atoms with Crippen LogP contribution in [0.4, 0.5) is 0 Å². The zero-order valence-corrected chi connectivity index (χ0v) is 15.2. The topological polar surface area (TPSA) is 50.8 Å². The summed E-state index contributed by atoms with van der Waals surface area (Å²) in [5.41, 5.74) is 2.35. The standard InChI is InChI=1S/C21H26N2O3/c1-17(26-20-8-3-2-4-9-20)21(24)22-15-18-6-5-7-19(14-18)16-23-10-12-25-13-11-23/h2-9,14,17H,10-13,15-16H2,1H3,(H,22,24). The quantitative estimate of drug-likeness (QED) is 0.830. The summed E-state index contributed by atoms with van der Waals surface area (Å²) in [6.45, 7) is 6.71. The van der Waals surface area contributed by atoms with Gasteiger partial charge in [-0.2, -0.15) is 0 Å². The van der Waals surface area contributed by atoms with Crippen molar-refractivity contribution >= 4 is 5.91 Å². The number of morpholine rings is 1. The van der Waals surface area contributed by atoms with Crippen LogP contribution in [0.25, 0.3) is 0 Å². The average molecular weight is 354 g/mol. The van der Waals surface area contributed by atoms with Gasteiger partial charge in [-0.1, -0.05) is 42.5 Å². The van der Waals surface area contributed by atoms with Gasteiger partial charge in [0.05, 0.1) is 13.2 Å². The number of amides is 1. The number of rotatable bonds is 7. The Kier molecular flexibility index (Phi) is 6.63. The van der Waals surface area contributed by atoms with Crippen molar-refractivity contribution in [3.8, 4) is 5.75 Å². The molecule has 0 aliphatic carbocycles. The van der Waals surface area contributed by atoms with Crippen LogP contribution >= 0.6 is 0 Å². The molecule has 1 aliphatic heterocycles. The lowest BCUT2D eigenvalue weighted by Gasteiger charge is -2.26. The fraction of sp³-hybridized carbons (Fsp3) is 0.381. The molecule has 138 valence electrons. The van der Waals surface area contributed by atoms with Crippen molar-refractivity contribution in [2.75, 3.05) is 26.3 Å². The van der Waals surface area contributed by atoms with Gasteiger partial charge in [0.2, 0.25) is 0 Å². The molecule has 3 rings (SSSR count). The van der Waals surface area contributed by atoms with Gasteiger partial charge in [0.15, 0.2) is 6.10 Å². The van der Waals surface area contributed by atoms with Gasteiger partial charge in [-0.3, -0.25) is 9.69 Å². The molecule has 1 heterocycles. The Bertz CT molecular complexity index is 699. The minimum absolute atomic E-state index is 0.118. The van der Waals surface area contributed by atoms with Crippen LogP contribution in [0.3, 0.4) is 0 Å². The minimum atomic E-state index is -0.533. The van der Waals surface area contributed by atoms with Crippen LogP contribution in [-0.2, 0) is 22.6 Å². The first kappa shape index (κ1) is 18.4. The third-order valence-electron chi connectivity index (χ3n) is 4.39. The van der Waals surface area contributed by atoms with E-state index in [0.717, 1.165) is 38.4 Å². The van der Waals surface area contributed by atoms with Crippen LogP contribution in [0.2, 0.25) is 0 Å². The number of benzene rings is 2. The number of nitrogens with one attached hydrogen (secondary N) is 1. The Morgan fingerprint density at radius 3 is 2.62 bits per heavy atom. The summed E-state index contributed by atoms with van der Waals surface area (Å²) in [5, 5.41) is 2.95. The Morgan fingerprint density at radius 1 is 1.12 bits per heavy atom. The Morgan fingerprint density at radius 2 is 1.85 bits per heavy atom. The van der Waals surface area contributed by atoms with E-state index in [1.54, 1.807) is 6.92 Å². The molecule has 5 nitrogen and oxygen atoms in total. The normalized spacial score (nSPS) is 16.0.